The Morgan fingerprint density at radius 2 is 1.55 bits per heavy atom. The highest BCUT2D eigenvalue weighted by Crippen LogP contribution is 2.35. The van der Waals surface area contributed by atoms with E-state index in [-0.39, 0.29) is 19.6 Å². The zero-order chi connectivity index (χ0) is 42.2. The summed E-state index contributed by atoms with van der Waals surface area (Å²) in [6.07, 6.45) is -1.75. The number of aliphatic hydroxyl groups excluding tert-OH is 1. The molecule has 1 aliphatic heterocycles. The zero-order valence-electron chi connectivity index (χ0n) is 33.6. The van der Waals surface area contributed by atoms with Crippen LogP contribution >= 0.6 is 0 Å². The number of furan rings is 1. The lowest BCUT2D eigenvalue weighted by molar-refractivity contribution is -0.127. The van der Waals surface area contributed by atoms with Crippen molar-refractivity contribution in [2.75, 3.05) is 45.9 Å². The monoisotopic (exact) mass is 815 g/mol. The Labute approximate surface area is 347 Å². The lowest BCUT2D eigenvalue weighted by Crippen LogP contribution is -2.58. The molecular formula is C46H49N5O9. The quantitative estimate of drug-likeness (QED) is 0.0830. The summed E-state index contributed by atoms with van der Waals surface area (Å²) in [5, 5.41) is 27.1. The molecular weight excluding hydrogens is 767 g/mol. The molecule has 3 unspecified atom stereocenters. The van der Waals surface area contributed by atoms with E-state index in [1.165, 1.54) is 6.20 Å². The normalized spacial score (nSPS) is 15.5. The third-order valence-corrected chi connectivity index (χ3v) is 10.9. The third kappa shape index (κ3) is 9.69. The van der Waals surface area contributed by atoms with Gasteiger partial charge in [0.2, 0.25) is 5.91 Å². The summed E-state index contributed by atoms with van der Waals surface area (Å²) in [6.45, 7) is 6.81. The number of benzene rings is 4. The molecule has 1 aliphatic rings. The van der Waals surface area contributed by atoms with E-state index in [4.69, 9.17) is 13.9 Å². The van der Waals surface area contributed by atoms with Gasteiger partial charge in [-0.25, -0.2) is 14.4 Å². The van der Waals surface area contributed by atoms with E-state index in [2.05, 4.69) is 20.4 Å². The molecule has 3 atom stereocenters. The average molecular weight is 816 g/mol. The molecule has 0 bridgehead atoms. The Balaban J connectivity index is 1.24. The zero-order valence-corrected chi connectivity index (χ0v) is 33.6. The molecule has 2 amide bonds. The number of β-amino-alcohol motifs (C(OH)–C–C–N with tert-alkyl or cyclic N) is 1. The molecule has 6 aromatic rings. The second kappa shape index (κ2) is 18.6. The van der Waals surface area contributed by atoms with Gasteiger partial charge in [-0.05, 0) is 55.3 Å². The predicted octanol–water partition coefficient (Wildman–Crippen LogP) is 6.53. The van der Waals surface area contributed by atoms with Gasteiger partial charge in [0.25, 0.3) is 0 Å². The number of aliphatic hydroxyl groups is 1. The van der Waals surface area contributed by atoms with Crippen LogP contribution in [-0.2, 0) is 27.3 Å². The molecule has 7 rings (SSSR count). The number of fused-ring (bicyclic) bond motifs is 2. The van der Waals surface area contributed by atoms with Crippen LogP contribution in [0.15, 0.2) is 120 Å². The first-order valence-corrected chi connectivity index (χ1v) is 20.0. The molecule has 0 radical (unpaired) electrons. The highest BCUT2D eigenvalue weighted by molar-refractivity contribution is 5.96. The molecule has 0 aliphatic carbocycles. The molecule has 4 aromatic carbocycles. The lowest BCUT2D eigenvalue weighted by Gasteiger charge is -2.36. The van der Waals surface area contributed by atoms with Crippen LogP contribution in [0.4, 0.5) is 9.59 Å². The van der Waals surface area contributed by atoms with Crippen molar-refractivity contribution in [2.24, 2.45) is 0 Å². The molecule has 2 aromatic heterocycles. The minimum absolute atomic E-state index is 0.0542. The van der Waals surface area contributed by atoms with Gasteiger partial charge in [-0.15, -0.1) is 0 Å². The number of carbonyl (C=O) groups is 4. The van der Waals surface area contributed by atoms with Crippen molar-refractivity contribution >= 4 is 45.9 Å². The van der Waals surface area contributed by atoms with E-state index in [0.717, 1.165) is 15.5 Å². The maximum absolute atomic E-state index is 14.5. The summed E-state index contributed by atoms with van der Waals surface area (Å²) in [6, 6.07) is 31.9. The van der Waals surface area contributed by atoms with Crippen molar-refractivity contribution in [1.82, 2.24) is 25.0 Å². The van der Waals surface area contributed by atoms with Gasteiger partial charge in [0, 0.05) is 68.2 Å². The number of hydrogen-bond acceptors (Lipinski definition) is 10. The van der Waals surface area contributed by atoms with E-state index in [1.807, 2.05) is 61.5 Å². The number of aromatic nitrogens is 1. The van der Waals surface area contributed by atoms with Crippen molar-refractivity contribution in [3.05, 3.63) is 143 Å². The summed E-state index contributed by atoms with van der Waals surface area (Å²) < 4.78 is 18.8. The van der Waals surface area contributed by atoms with Gasteiger partial charge in [-0.1, -0.05) is 78.9 Å². The molecule has 312 valence electrons. The van der Waals surface area contributed by atoms with Crippen molar-refractivity contribution in [3.8, 4) is 0 Å². The molecule has 1 saturated heterocycles. The SMILES string of the molecule is CC(NC(=O)C(C)(Cc1cn(C(=O)O)c2cccc(C(CN3CCN(CCO)CC3)OC(=O)c3ccccc3)c12)NC(=O)OCc1cc2ccccc2o1)c1ccccc1. The first kappa shape index (κ1) is 41.7. The highest BCUT2D eigenvalue weighted by Gasteiger charge is 2.39. The van der Waals surface area contributed by atoms with Crippen molar-refractivity contribution in [2.45, 2.75) is 44.6 Å². The van der Waals surface area contributed by atoms with Crippen molar-refractivity contribution < 1.29 is 43.3 Å². The van der Waals surface area contributed by atoms with Crippen LogP contribution in [-0.4, -0.2) is 100 Å². The maximum Gasteiger partial charge on any atom is 0.416 e. The molecule has 1 fully saturated rings. The van der Waals surface area contributed by atoms with E-state index in [1.54, 1.807) is 61.5 Å². The Hall–Kier alpha value is -6.48. The number of carboxylic acid groups (broad SMARTS) is 1. The van der Waals surface area contributed by atoms with Crippen LogP contribution in [0.2, 0.25) is 0 Å². The second-order valence-corrected chi connectivity index (χ2v) is 15.2. The largest absolute Gasteiger partial charge is 0.464 e. The lowest BCUT2D eigenvalue weighted by atomic mass is 9.89. The molecule has 0 spiro atoms. The molecule has 3 heterocycles. The number of nitrogens with zero attached hydrogens (tertiary/aromatic N) is 3. The van der Waals surface area contributed by atoms with Crippen LogP contribution in [0, 0.1) is 0 Å². The number of alkyl carbamates (subject to hydrolysis) is 1. The number of rotatable bonds is 15. The average Bonchev–Trinajstić information content (AvgIpc) is 3.85. The van der Waals surface area contributed by atoms with Crippen molar-refractivity contribution in [1.29, 1.82) is 0 Å². The van der Waals surface area contributed by atoms with Crippen molar-refractivity contribution in [3.63, 3.8) is 0 Å². The molecule has 14 nitrogen and oxygen atoms in total. The van der Waals surface area contributed by atoms with Crippen LogP contribution in [0.5, 0.6) is 0 Å². The summed E-state index contributed by atoms with van der Waals surface area (Å²) >= 11 is 0. The van der Waals surface area contributed by atoms with Gasteiger partial charge >= 0.3 is 18.2 Å². The van der Waals surface area contributed by atoms with Crippen LogP contribution in [0.3, 0.4) is 0 Å². The number of hydrogen-bond donors (Lipinski definition) is 4. The fourth-order valence-electron chi connectivity index (χ4n) is 7.75. The first-order chi connectivity index (χ1) is 29.0. The van der Waals surface area contributed by atoms with Crippen LogP contribution < -0.4 is 10.6 Å². The van der Waals surface area contributed by atoms with Gasteiger partial charge in [0.05, 0.1) is 23.7 Å². The summed E-state index contributed by atoms with van der Waals surface area (Å²) in [4.78, 5) is 59.0. The Kier molecular flexibility index (Phi) is 12.9. The molecule has 4 N–H and O–H groups in total. The minimum atomic E-state index is -1.70. The number of esters is 1. The Morgan fingerprint density at radius 3 is 2.25 bits per heavy atom. The molecule has 0 saturated carbocycles. The van der Waals surface area contributed by atoms with E-state index < -0.39 is 41.7 Å². The van der Waals surface area contributed by atoms with E-state index in [9.17, 15) is 29.4 Å². The number of carbonyl (C=O) groups excluding carboxylic acids is 3. The summed E-state index contributed by atoms with van der Waals surface area (Å²) in [7, 11) is 0. The standard InChI is InChI=1S/C46H49N5O9/c1-31(32-12-5-3-6-13-32)47-43(54)46(2,48-44(55)58-30-36-26-34-16-9-10-19-39(34)59-36)27-35-28-51(45(56)57)38-18-11-17-37(41(35)38)40(60-42(53)33-14-7-4-8-15-33)29-50-22-20-49(21-23-50)24-25-52/h3-19,26,28,31,40,52H,20-25,27,29-30H2,1-2H3,(H,47,54)(H,48,55)(H,56,57). The van der Waals surface area contributed by atoms with E-state index in [0.29, 0.717) is 78.2 Å². The fourth-order valence-corrected chi connectivity index (χ4v) is 7.75. The Bertz CT molecular complexity index is 2410. The summed E-state index contributed by atoms with van der Waals surface area (Å²) in [5.41, 5.74) is 1.40. The molecule has 14 heteroatoms. The minimum Gasteiger partial charge on any atom is -0.464 e. The number of nitrogens with one attached hydrogen (secondary N) is 2. The summed E-state index contributed by atoms with van der Waals surface area (Å²) in [5.74, 6) is -0.681. The van der Waals surface area contributed by atoms with E-state index >= 15 is 0 Å². The number of ether oxygens (including phenoxy) is 2. The van der Waals surface area contributed by atoms with Gasteiger partial charge in [-0.2, -0.15) is 0 Å². The number of piperazine rings is 1. The topological polar surface area (TPSA) is 176 Å². The third-order valence-electron chi connectivity index (χ3n) is 10.9. The number of amides is 2. The highest BCUT2D eigenvalue weighted by atomic mass is 16.6. The van der Waals surface area contributed by atoms with Gasteiger partial charge in [-0.3, -0.25) is 19.2 Å². The maximum atomic E-state index is 14.5. The Morgan fingerprint density at radius 1 is 0.867 bits per heavy atom. The predicted molar refractivity (Wildman–Crippen MR) is 225 cm³/mol. The fraction of sp³-hybridized carbons (Fsp3) is 0.304. The van der Waals surface area contributed by atoms with Gasteiger partial charge in [0.1, 0.15) is 23.0 Å². The van der Waals surface area contributed by atoms with Gasteiger partial charge in [0.15, 0.2) is 6.61 Å². The molecule has 60 heavy (non-hydrogen) atoms. The smallest absolute Gasteiger partial charge is 0.416 e. The van der Waals surface area contributed by atoms with Crippen LogP contribution in [0.1, 0.15) is 58.8 Å². The van der Waals surface area contributed by atoms with Gasteiger partial charge < -0.3 is 34.7 Å². The number of para-hydroxylation sites is 1. The first-order valence-electron chi connectivity index (χ1n) is 20.0. The van der Waals surface area contributed by atoms with Crippen LogP contribution in [0.25, 0.3) is 21.9 Å². The second-order valence-electron chi connectivity index (χ2n) is 15.2.